The van der Waals surface area contributed by atoms with Gasteiger partial charge >= 0.3 is 12.0 Å². The Balaban J connectivity index is 1.78. The van der Waals surface area contributed by atoms with Crippen LogP contribution in [0, 0.1) is 6.92 Å². The Morgan fingerprint density at radius 2 is 1.92 bits per heavy atom. The number of ether oxygens (including phenoxy) is 2. The molecule has 1 aliphatic rings. The SMILES string of the molecule is COc1ncc(NC(=O)Nc2ccccc2C)c(N2CCOCC2)n1. The van der Waals surface area contributed by atoms with Crippen molar-refractivity contribution >= 4 is 23.2 Å². The lowest BCUT2D eigenvalue weighted by Gasteiger charge is -2.29. The zero-order chi connectivity index (χ0) is 17.6. The first-order chi connectivity index (χ1) is 12.2. The predicted octanol–water partition coefficient (Wildman–Crippen LogP) is 2.27. The number of para-hydroxylation sites is 1. The molecule has 1 aromatic carbocycles. The van der Waals surface area contributed by atoms with Gasteiger partial charge in [0, 0.05) is 18.8 Å². The van der Waals surface area contributed by atoms with Gasteiger partial charge in [0.1, 0.15) is 5.69 Å². The highest BCUT2D eigenvalue weighted by molar-refractivity contribution is 6.01. The number of aromatic nitrogens is 2. The Bertz CT molecular complexity index is 747. The fraction of sp³-hybridized carbons (Fsp3) is 0.353. The molecule has 2 N–H and O–H groups in total. The number of benzene rings is 1. The Morgan fingerprint density at radius 3 is 2.64 bits per heavy atom. The molecule has 0 radical (unpaired) electrons. The van der Waals surface area contributed by atoms with Crippen LogP contribution in [0.1, 0.15) is 5.56 Å². The number of hydrogen-bond acceptors (Lipinski definition) is 6. The van der Waals surface area contributed by atoms with Crippen LogP contribution in [0.4, 0.5) is 22.0 Å². The number of rotatable bonds is 4. The number of carbonyl (C=O) groups is 1. The number of anilines is 3. The molecule has 0 spiro atoms. The summed E-state index contributed by atoms with van der Waals surface area (Å²) in [4.78, 5) is 22.9. The highest BCUT2D eigenvalue weighted by atomic mass is 16.5. The third-order valence-corrected chi connectivity index (χ3v) is 3.88. The molecule has 0 aliphatic carbocycles. The molecule has 0 unspecified atom stereocenters. The van der Waals surface area contributed by atoms with Gasteiger partial charge in [0.25, 0.3) is 0 Å². The van der Waals surface area contributed by atoms with E-state index in [4.69, 9.17) is 9.47 Å². The lowest BCUT2D eigenvalue weighted by atomic mass is 10.2. The molecule has 0 bridgehead atoms. The van der Waals surface area contributed by atoms with Crippen LogP contribution >= 0.6 is 0 Å². The average Bonchev–Trinajstić information content (AvgIpc) is 2.64. The van der Waals surface area contributed by atoms with E-state index >= 15 is 0 Å². The van der Waals surface area contributed by atoms with Gasteiger partial charge in [-0.3, -0.25) is 0 Å². The molecule has 0 atom stereocenters. The van der Waals surface area contributed by atoms with Crippen LogP contribution in [0.5, 0.6) is 6.01 Å². The number of urea groups is 1. The van der Waals surface area contributed by atoms with Crippen LogP contribution < -0.4 is 20.3 Å². The second-order valence-electron chi connectivity index (χ2n) is 5.59. The van der Waals surface area contributed by atoms with Crippen LogP contribution in [0.3, 0.4) is 0 Å². The number of nitrogens with zero attached hydrogens (tertiary/aromatic N) is 3. The third kappa shape index (κ3) is 4.16. The molecule has 1 fully saturated rings. The molecule has 1 saturated heterocycles. The lowest BCUT2D eigenvalue weighted by Crippen LogP contribution is -2.37. The van der Waals surface area contributed by atoms with Crippen LogP contribution in [0.25, 0.3) is 0 Å². The smallest absolute Gasteiger partial charge is 0.323 e. The van der Waals surface area contributed by atoms with E-state index in [2.05, 4.69) is 20.6 Å². The van der Waals surface area contributed by atoms with Crippen molar-refractivity contribution < 1.29 is 14.3 Å². The maximum absolute atomic E-state index is 12.4. The van der Waals surface area contributed by atoms with Crippen molar-refractivity contribution in [1.29, 1.82) is 0 Å². The number of carbonyl (C=O) groups excluding carboxylic acids is 1. The molecule has 2 aromatic rings. The van der Waals surface area contributed by atoms with Crippen LogP contribution in [-0.2, 0) is 4.74 Å². The molecular formula is C17H21N5O3. The Labute approximate surface area is 146 Å². The molecule has 0 saturated carbocycles. The maximum Gasteiger partial charge on any atom is 0.323 e. The van der Waals surface area contributed by atoms with E-state index in [0.29, 0.717) is 37.8 Å². The first kappa shape index (κ1) is 17.0. The van der Waals surface area contributed by atoms with Crippen molar-refractivity contribution in [3.63, 3.8) is 0 Å². The lowest BCUT2D eigenvalue weighted by molar-refractivity contribution is 0.122. The highest BCUT2D eigenvalue weighted by Crippen LogP contribution is 2.26. The quantitative estimate of drug-likeness (QED) is 0.885. The van der Waals surface area contributed by atoms with Gasteiger partial charge in [-0.15, -0.1) is 0 Å². The molecular weight excluding hydrogens is 322 g/mol. The summed E-state index contributed by atoms with van der Waals surface area (Å²) >= 11 is 0. The summed E-state index contributed by atoms with van der Waals surface area (Å²) < 4.78 is 10.5. The molecule has 1 aliphatic heterocycles. The van der Waals surface area contributed by atoms with Gasteiger partial charge in [-0.05, 0) is 18.6 Å². The summed E-state index contributed by atoms with van der Waals surface area (Å²) in [7, 11) is 1.51. The summed E-state index contributed by atoms with van der Waals surface area (Å²) in [6, 6.07) is 7.49. The van der Waals surface area contributed by atoms with E-state index in [0.717, 1.165) is 11.3 Å². The second-order valence-corrected chi connectivity index (χ2v) is 5.59. The summed E-state index contributed by atoms with van der Waals surface area (Å²) in [5, 5.41) is 5.66. The minimum absolute atomic E-state index is 0.256. The van der Waals surface area contributed by atoms with Gasteiger partial charge in [-0.25, -0.2) is 9.78 Å². The van der Waals surface area contributed by atoms with Gasteiger partial charge in [-0.1, -0.05) is 18.2 Å². The fourth-order valence-corrected chi connectivity index (χ4v) is 2.55. The second kappa shape index (κ2) is 7.80. The maximum atomic E-state index is 12.4. The molecule has 8 nitrogen and oxygen atoms in total. The minimum atomic E-state index is -0.349. The molecule has 3 rings (SSSR count). The van der Waals surface area contributed by atoms with Crippen LogP contribution in [0.15, 0.2) is 30.5 Å². The largest absolute Gasteiger partial charge is 0.467 e. The van der Waals surface area contributed by atoms with Crippen molar-refractivity contribution in [3.8, 4) is 6.01 Å². The Kier molecular flexibility index (Phi) is 5.30. The molecule has 2 heterocycles. The zero-order valence-electron chi connectivity index (χ0n) is 14.3. The van der Waals surface area contributed by atoms with Crippen molar-refractivity contribution in [2.24, 2.45) is 0 Å². The molecule has 1 aromatic heterocycles. The van der Waals surface area contributed by atoms with E-state index in [1.54, 1.807) is 6.20 Å². The van der Waals surface area contributed by atoms with Crippen molar-refractivity contribution in [1.82, 2.24) is 9.97 Å². The van der Waals surface area contributed by atoms with E-state index in [-0.39, 0.29) is 12.0 Å². The normalized spacial score (nSPS) is 14.1. The summed E-state index contributed by atoms with van der Waals surface area (Å²) in [5.41, 5.74) is 2.26. The van der Waals surface area contributed by atoms with Crippen molar-refractivity contribution in [2.45, 2.75) is 6.92 Å². The van der Waals surface area contributed by atoms with Crippen molar-refractivity contribution in [3.05, 3.63) is 36.0 Å². The fourth-order valence-electron chi connectivity index (χ4n) is 2.55. The third-order valence-electron chi connectivity index (χ3n) is 3.88. The van der Waals surface area contributed by atoms with E-state index in [1.807, 2.05) is 36.1 Å². The predicted molar refractivity (Wildman–Crippen MR) is 95.4 cm³/mol. The summed E-state index contributed by atoms with van der Waals surface area (Å²) in [5.74, 6) is 0.620. The van der Waals surface area contributed by atoms with Gasteiger partial charge in [0.2, 0.25) is 0 Å². The number of morpholine rings is 1. The minimum Gasteiger partial charge on any atom is -0.467 e. The Morgan fingerprint density at radius 1 is 1.20 bits per heavy atom. The zero-order valence-corrected chi connectivity index (χ0v) is 14.3. The summed E-state index contributed by atoms with van der Waals surface area (Å²) in [6.07, 6.45) is 1.55. The van der Waals surface area contributed by atoms with E-state index in [1.165, 1.54) is 7.11 Å². The number of nitrogens with one attached hydrogen (secondary N) is 2. The standard InChI is InChI=1S/C17H21N5O3/c1-12-5-3-4-6-13(12)19-16(23)20-14-11-18-17(24-2)21-15(14)22-7-9-25-10-8-22/h3-6,11H,7-10H2,1-2H3,(H2,19,20,23). The van der Waals surface area contributed by atoms with Gasteiger partial charge < -0.3 is 25.0 Å². The number of aryl methyl sites for hydroxylation is 1. The van der Waals surface area contributed by atoms with Gasteiger partial charge in [0.15, 0.2) is 5.82 Å². The first-order valence-corrected chi connectivity index (χ1v) is 8.04. The monoisotopic (exact) mass is 343 g/mol. The first-order valence-electron chi connectivity index (χ1n) is 8.04. The molecule has 25 heavy (non-hydrogen) atoms. The number of methoxy groups -OCH3 is 1. The van der Waals surface area contributed by atoms with Gasteiger partial charge in [-0.2, -0.15) is 4.98 Å². The summed E-state index contributed by atoms with van der Waals surface area (Å²) in [6.45, 7) is 4.54. The van der Waals surface area contributed by atoms with Gasteiger partial charge in [0.05, 0.1) is 26.5 Å². The van der Waals surface area contributed by atoms with Crippen molar-refractivity contribution in [2.75, 3.05) is 48.9 Å². The molecule has 2 amide bonds. The highest BCUT2D eigenvalue weighted by Gasteiger charge is 2.19. The van der Waals surface area contributed by atoms with E-state index < -0.39 is 0 Å². The molecule has 132 valence electrons. The number of hydrogen-bond donors (Lipinski definition) is 2. The topological polar surface area (TPSA) is 88.6 Å². The average molecular weight is 343 g/mol. The Hall–Kier alpha value is -2.87. The number of amides is 2. The van der Waals surface area contributed by atoms with Crippen LogP contribution in [0.2, 0.25) is 0 Å². The van der Waals surface area contributed by atoms with E-state index in [9.17, 15) is 4.79 Å². The molecule has 8 heteroatoms. The van der Waals surface area contributed by atoms with Crippen LogP contribution in [-0.4, -0.2) is 49.4 Å².